The molecule has 3 rings (SSSR count). The van der Waals surface area contributed by atoms with Crippen LogP contribution in [0, 0.1) is 0 Å². The molecule has 0 radical (unpaired) electrons. The van der Waals surface area contributed by atoms with Crippen LogP contribution in [0.5, 0.6) is 5.75 Å². The summed E-state index contributed by atoms with van der Waals surface area (Å²) < 4.78 is 11.9. The number of allylic oxidation sites excluding steroid dienone is 2. The lowest BCUT2D eigenvalue weighted by molar-refractivity contribution is -0.0564. The summed E-state index contributed by atoms with van der Waals surface area (Å²) in [6.07, 6.45) is 3.47. The normalized spacial score (nSPS) is 22.3. The Hall–Kier alpha value is -1.32. The highest BCUT2D eigenvalue weighted by Crippen LogP contribution is 2.34. The van der Waals surface area contributed by atoms with Crippen molar-refractivity contribution >= 4 is 5.57 Å². The van der Waals surface area contributed by atoms with E-state index < -0.39 is 0 Å². The summed E-state index contributed by atoms with van der Waals surface area (Å²) in [6, 6.07) is 6.92. The van der Waals surface area contributed by atoms with Gasteiger partial charge in [0.1, 0.15) is 18.5 Å². The summed E-state index contributed by atoms with van der Waals surface area (Å²) in [5.41, 5.74) is 3.99. The molecule has 3 nitrogen and oxygen atoms in total. The Balaban J connectivity index is 1.64. The van der Waals surface area contributed by atoms with Gasteiger partial charge in [0.15, 0.2) is 0 Å². The molecule has 1 aliphatic heterocycles. The van der Waals surface area contributed by atoms with Crippen molar-refractivity contribution in [2.75, 3.05) is 26.3 Å². The number of fused-ring (bicyclic) bond motifs is 1. The minimum atomic E-state index is 0.169. The van der Waals surface area contributed by atoms with Crippen molar-refractivity contribution in [3.63, 3.8) is 0 Å². The molecule has 1 aromatic rings. The van der Waals surface area contributed by atoms with Crippen molar-refractivity contribution in [1.82, 2.24) is 4.90 Å². The summed E-state index contributed by atoms with van der Waals surface area (Å²) in [4.78, 5) is 2.46. The molecule has 0 bridgehead atoms. The van der Waals surface area contributed by atoms with Gasteiger partial charge in [-0.15, -0.1) is 0 Å². The minimum Gasteiger partial charge on any atom is -0.490 e. The molecule has 1 atom stereocenters. The van der Waals surface area contributed by atoms with Crippen molar-refractivity contribution in [2.45, 2.75) is 39.3 Å². The molecule has 0 aromatic heterocycles. The lowest BCUT2D eigenvalue weighted by atomic mass is 10.1. The van der Waals surface area contributed by atoms with Crippen LogP contribution in [0.2, 0.25) is 0 Å². The van der Waals surface area contributed by atoms with E-state index >= 15 is 0 Å². The van der Waals surface area contributed by atoms with Crippen molar-refractivity contribution in [1.29, 1.82) is 0 Å². The third-order valence-corrected chi connectivity index (χ3v) is 4.46. The van der Waals surface area contributed by atoms with Crippen LogP contribution in [0.3, 0.4) is 0 Å². The molecule has 1 aromatic carbocycles. The molecule has 3 heteroatoms. The van der Waals surface area contributed by atoms with Crippen LogP contribution in [0.4, 0.5) is 0 Å². The fourth-order valence-electron chi connectivity index (χ4n) is 3.17. The first-order valence-corrected chi connectivity index (χ1v) is 7.92. The lowest BCUT2D eigenvalue weighted by Gasteiger charge is -2.35. The monoisotopic (exact) mass is 287 g/mol. The zero-order valence-electron chi connectivity index (χ0n) is 13.3. The maximum atomic E-state index is 6.09. The largest absolute Gasteiger partial charge is 0.490 e. The van der Waals surface area contributed by atoms with Crippen molar-refractivity contribution in [3.05, 3.63) is 35.4 Å². The van der Waals surface area contributed by atoms with Gasteiger partial charge in [0, 0.05) is 24.7 Å². The predicted octanol–water partition coefficient (Wildman–Crippen LogP) is 3.13. The summed E-state index contributed by atoms with van der Waals surface area (Å²) in [6.45, 7) is 10.1. The molecule has 1 unspecified atom stereocenters. The van der Waals surface area contributed by atoms with Gasteiger partial charge in [-0.3, -0.25) is 4.90 Å². The van der Waals surface area contributed by atoms with Gasteiger partial charge in [-0.25, -0.2) is 0 Å². The number of rotatable bonds is 4. The number of hydrogen-bond acceptors (Lipinski definition) is 3. The molecule has 0 spiro atoms. The number of hydrogen-bond donors (Lipinski definition) is 0. The topological polar surface area (TPSA) is 21.7 Å². The molecule has 114 valence electrons. The molecule has 0 saturated carbocycles. The number of benzene rings is 1. The average Bonchev–Trinajstić information content (AvgIpc) is 2.88. The molecule has 0 amide bonds. The highest BCUT2D eigenvalue weighted by molar-refractivity contribution is 5.76. The second kappa shape index (κ2) is 6.20. The Morgan fingerprint density at radius 1 is 1.38 bits per heavy atom. The zero-order chi connectivity index (χ0) is 14.8. The van der Waals surface area contributed by atoms with E-state index in [1.807, 2.05) is 0 Å². The molecule has 21 heavy (non-hydrogen) atoms. The predicted molar refractivity (Wildman–Crippen MR) is 85.7 cm³/mol. The fourth-order valence-corrected chi connectivity index (χ4v) is 3.17. The molecule has 0 N–H and O–H groups in total. The molecule has 1 heterocycles. The maximum Gasteiger partial charge on any atom is 0.127 e. The molecule has 1 aliphatic carbocycles. The van der Waals surface area contributed by atoms with E-state index in [9.17, 15) is 0 Å². The van der Waals surface area contributed by atoms with Crippen LogP contribution < -0.4 is 4.74 Å². The summed E-state index contributed by atoms with van der Waals surface area (Å²) in [7, 11) is 0. The maximum absolute atomic E-state index is 6.09. The Morgan fingerprint density at radius 3 is 3.05 bits per heavy atom. The minimum absolute atomic E-state index is 0.169. The van der Waals surface area contributed by atoms with Gasteiger partial charge in [-0.2, -0.15) is 0 Å². The van der Waals surface area contributed by atoms with Gasteiger partial charge in [0.05, 0.1) is 6.61 Å². The van der Waals surface area contributed by atoms with Gasteiger partial charge in [0.25, 0.3) is 0 Å². The van der Waals surface area contributed by atoms with Gasteiger partial charge >= 0.3 is 0 Å². The Morgan fingerprint density at radius 2 is 2.24 bits per heavy atom. The second-order valence-corrected chi connectivity index (χ2v) is 6.27. The number of nitrogens with zero attached hydrogens (tertiary/aromatic N) is 1. The van der Waals surface area contributed by atoms with E-state index in [1.54, 1.807) is 0 Å². The molecule has 1 fully saturated rings. The van der Waals surface area contributed by atoms with Gasteiger partial charge in [-0.05, 0) is 44.4 Å². The van der Waals surface area contributed by atoms with Crippen molar-refractivity contribution < 1.29 is 9.47 Å². The van der Waals surface area contributed by atoms with Crippen LogP contribution in [-0.4, -0.2) is 43.3 Å². The lowest BCUT2D eigenvalue weighted by Crippen LogP contribution is -2.47. The third-order valence-electron chi connectivity index (χ3n) is 4.46. The molecular weight excluding hydrogens is 262 g/mol. The van der Waals surface area contributed by atoms with E-state index in [2.05, 4.69) is 49.9 Å². The number of morpholine rings is 1. The van der Waals surface area contributed by atoms with E-state index in [-0.39, 0.29) is 6.10 Å². The first kappa shape index (κ1) is 14.6. The van der Waals surface area contributed by atoms with Gasteiger partial charge in [0.2, 0.25) is 0 Å². The van der Waals surface area contributed by atoms with Crippen LogP contribution in [0.1, 0.15) is 31.9 Å². The molecular formula is C18H25NO2. The third kappa shape index (κ3) is 3.14. The molecule has 1 saturated heterocycles. The van der Waals surface area contributed by atoms with Crippen molar-refractivity contribution in [3.8, 4) is 5.75 Å². The first-order chi connectivity index (χ1) is 10.1. The standard InChI is InChI=1S/C18H25NO2/c1-13(2)19-9-10-20-16(11-19)12-21-17-6-4-5-15-8-7-14(3)18(15)17/h4-7,13,16H,8-12H2,1-3H3. The van der Waals surface area contributed by atoms with Crippen LogP contribution in [0.25, 0.3) is 5.57 Å². The van der Waals surface area contributed by atoms with E-state index in [1.165, 1.54) is 16.7 Å². The quantitative estimate of drug-likeness (QED) is 0.849. The fraction of sp³-hybridized carbons (Fsp3) is 0.556. The summed E-state index contributed by atoms with van der Waals surface area (Å²) >= 11 is 0. The SMILES string of the molecule is CC1=CCc2cccc(OCC3CN(C(C)C)CCO3)c21. The second-order valence-electron chi connectivity index (χ2n) is 6.27. The molecule has 2 aliphatic rings. The van der Waals surface area contributed by atoms with Crippen molar-refractivity contribution in [2.24, 2.45) is 0 Å². The Kier molecular flexibility index (Phi) is 4.32. The average molecular weight is 287 g/mol. The zero-order valence-corrected chi connectivity index (χ0v) is 13.3. The Bertz CT molecular complexity index is 536. The highest BCUT2D eigenvalue weighted by Gasteiger charge is 2.23. The summed E-state index contributed by atoms with van der Waals surface area (Å²) in [5.74, 6) is 1.00. The summed E-state index contributed by atoms with van der Waals surface area (Å²) in [5, 5.41) is 0. The van der Waals surface area contributed by atoms with Crippen LogP contribution in [0.15, 0.2) is 24.3 Å². The van der Waals surface area contributed by atoms with Crippen LogP contribution >= 0.6 is 0 Å². The smallest absolute Gasteiger partial charge is 0.127 e. The van der Waals surface area contributed by atoms with Crippen LogP contribution in [-0.2, 0) is 11.2 Å². The van der Waals surface area contributed by atoms with E-state index in [4.69, 9.17) is 9.47 Å². The Labute approximate surface area is 127 Å². The first-order valence-electron chi connectivity index (χ1n) is 7.92. The number of ether oxygens (including phenoxy) is 2. The van der Waals surface area contributed by atoms with Gasteiger partial charge < -0.3 is 9.47 Å². The van der Waals surface area contributed by atoms with Gasteiger partial charge in [-0.1, -0.05) is 18.2 Å². The van der Waals surface area contributed by atoms with E-state index in [0.717, 1.165) is 31.9 Å². The van der Waals surface area contributed by atoms with E-state index in [0.29, 0.717) is 12.6 Å². The highest BCUT2D eigenvalue weighted by atomic mass is 16.5.